The fraction of sp³-hybridized carbons (Fsp3) is 0.400. The van der Waals surface area contributed by atoms with E-state index in [0.717, 1.165) is 18.5 Å². The van der Waals surface area contributed by atoms with Crippen molar-refractivity contribution >= 4 is 0 Å². The second-order valence-corrected chi connectivity index (χ2v) is 4.82. The van der Waals surface area contributed by atoms with E-state index >= 15 is 0 Å². The standard InChI is InChI=1S/C15H18F3N3/c1-2-7-19-8-12-9-20-21(14(12)15(17)18)10-11-3-5-13(16)6-4-11/h3-6,9,15,19H,2,7-8,10H2,1H3. The Morgan fingerprint density at radius 1 is 1.24 bits per heavy atom. The molecule has 0 amide bonds. The first-order chi connectivity index (χ1) is 10.1. The third kappa shape index (κ3) is 4.07. The Hall–Kier alpha value is -1.82. The van der Waals surface area contributed by atoms with Crippen molar-refractivity contribution in [3.63, 3.8) is 0 Å². The van der Waals surface area contributed by atoms with E-state index in [1.54, 1.807) is 12.1 Å². The SMILES string of the molecule is CCCNCc1cnn(Cc2ccc(F)cc2)c1C(F)F. The van der Waals surface area contributed by atoms with Crippen molar-refractivity contribution in [1.82, 2.24) is 15.1 Å². The van der Waals surface area contributed by atoms with E-state index in [0.29, 0.717) is 12.1 Å². The second-order valence-electron chi connectivity index (χ2n) is 4.82. The van der Waals surface area contributed by atoms with Crippen LogP contribution in [0.15, 0.2) is 30.5 Å². The maximum absolute atomic E-state index is 13.2. The quantitative estimate of drug-likeness (QED) is 0.793. The zero-order valence-corrected chi connectivity index (χ0v) is 11.8. The molecule has 0 aliphatic carbocycles. The zero-order valence-electron chi connectivity index (χ0n) is 11.8. The van der Waals surface area contributed by atoms with Gasteiger partial charge in [0.05, 0.1) is 12.7 Å². The third-order valence-corrected chi connectivity index (χ3v) is 3.15. The first-order valence-corrected chi connectivity index (χ1v) is 6.89. The smallest absolute Gasteiger partial charge is 0.280 e. The largest absolute Gasteiger partial charge is 0.313 e. The molecule has 0 fully saturated rings. The van der Waals surface area contributed by atoms with E-state index in [-0.39, 0.29) is 18.1 Å². The molecular formula is C15H18F3N3. The Kier molecular flexibility index (Phi) is 5.38. The van der Waals surface area contributed by atoms with Gasteiger partial charge in [-0.1, -0.05) is 19.1 Å². The van der Waals surface area contributed by atoms with Crippen molar-refractivity contribution in [2.75, 3.05) is 6.54 Å². The molecule has 0 atom stereocenters. The summed E-state index contributed by atoms with van der Waals surface area (Å²) >= 11 is 0. The predicted octanol–water partition coefficient (Wildman–Crippen LogP) is 3.51. The molecule has 0 aliphatic rings. The van der Waals surface area contributed by atoms with Gasteiger partial charge in [0.15, 0.2) is 0 Å². The molecule has 0 radical (unpaired) electrons. The number of hydrogen-bond acceptors (Lipinski definition) is 2. The van der Waals surface area contributed by atoms with Crippen molar-refractivity contribution < 1.29 is 13.2 Å². The number of halogens is 3. The normalized spacial score (nSPS) is 11.3. The lowest BCUT2D eigenvalue weighted by atomic mass is 10.2. The minimum absolute atomic E-state index is 0.0806. The van der Waals surface area contributed by atoms with Crippen molar-refractivity contribution in [3.05, 3.63) is 53.1 Å². The number of nitrogens with one attached hydrogen (secondary N) is 1. The summed E-state index contributed by atoms with van der Waals surface area (Å²) in [5, 5.41) is 7.13. The number of alkyl halides is 2. The fourth-order valence-corrected chi connectivity index (χ4v) is 2.11. The zero-order chi connectivity index (χ0) is 15.2. The highest BCUT2D eigenvalue weighted by Gasteiger charge is 2.19. The molecule has 1 heterocycles. The molecule has 0 aliphatic heterocycles. The molecule has 0 unspecified atom stereocenters. The number of rotatable bonds is 7. The van der Waals surface area contributed by atoms with Gasteiger partial charge in [-0.3, -0.25) is 4.68 Å². The Balaban J connectivity index is 2.16. The van der Waals surface area contributed by atoms with Crippen LogP contribution < -0.4 is 5.32 Å². The van der Waals surface area contributed by atoms with E-state index in [1.165, 1.54) is 23.0 Å². The maximum atomic E-state index is 13.2. The van der Waals surface area contributed by atoms with Crippen LogP contribution in [0.25, 0.3) is 0 Å². The van der Waals surface area contributed by atoms with Crippen LogP contribution in [0.3, 0.4) is 0 Å². The van der Waals surface area contributed by atoms with E-state index in [4.69, 9.17) is 0 Å². The fourth-order valence-electron chi connectivity index (χ4n) is 2.11. The predicted molar refractivity (Wildman–Crippen MR) is 74.7 cm³/mol. The lowest BCUT2D eigenvalue weighted by Gasteiger charge is -2.09. The summed E-state index contributed by atoms with van der Waals surface area (Å²) in [4.78, 5) is 0. The number of aromatic nitrogens is 2. The molecule has 0 saturated heterocycles. The van der Waals surface area contributed by atoms with Gasteiger partial charge in [-0.25, -0.2) is 13.2 Å². The van der Waals surface area contributed by atoms with Gasteiger partial charge in [0, 0.05) is 12.1 Å². The van der Waals surface area contributed by atoms with Gasteiger partial charge in [0.2, 0.25) is 0 Å². The minimum Gasteiger partial charge on any atom is -0.313 e. The molecule has 2 rings (SSSR count). The summed E-state index contributed by atoms with van der Waals surface area (Å²) in [7, 11) is 0. The average molecular weight is 297 g/mol. The topological polar surface area (TPSA) is 29.9 Å². The lowest BCUT2D eigenvalue weighted by molar-refractivity contribution is 0.138. The summed E-state index contributed by atoms with van der Waals surface area (Å²) in [5.41, 5.74) is 1.15. The van der Waals surface area contributed by atoms with Crippen LogP contribution in [0.1, 0.15) is 36.6 Å². The first-order valence-electron chi connectivity index (χ1n) is 6.89. The molecule has 114 valence electrons. The van der Waals surface area contributed by atoms with Crippen LogP contribution >= 0.6 is 0 Å². The molecule has 0 bridgehead atoms. The van der Waals surface area contributed by atoms with Gasteiger partial charge < -0.3 is 5.32 Å². The second kappa shape index (κ2) is 7.26. The highest BCUT2D eigenvalue weighted by molar-refractivity contribution is 5.22. The molecule has 0 spiro atoms. The Labute approximate surface area is 121 Å². The van der Waals surface area contributed by atoms with Gasteiger partial charge in [-0.15, -0.1) is 0 Å². The van der Waals surface area contributed by atoms with Gasteiger partial charge in [0.1, 0.15) is 11.5 Å². The van der Waals surface area contributed by atoms with E-state index in [9.17, 15) is 13.2 Å². The van der Waals surface area contributed by atoms with Gasteiger partial charge in [-0.05, 0) is 30.7 Å². The monoisotopic (exact) mass is 297 g/mol. The molecule has 21 heavy (non-hydrogen) atoms. The molecule has 1 aromatic carbocycles. The Morgan fingerprint density at radius 2 is 1.95 bits per heavy atom. The van der Waals surface area contributed by atoms with E-state index < -0.39 is 6.43 Å². The summed E-state index contributed by atoms with van der Waals surface area (Å²) in [6.45, 7) is 3.36. The number of hydrogen-bond donors (Lipinski definition) is 1. The van der Waals surface area contributed by atoms with E-state index in [2.05, 4.69) is 10.4 Å². The molecule has 0 saturated carbocycles. The summed E-state index contributed by atoms with van der Waals surface area (Å²) < 4.78 is 40.6. The van der Waals surface area contributed by atoms with Crippen molar-refractivity contribution in [1.29, 1.82) is 0 Å². The lowest BCUT2D eigenvalue weighted by Crippen LogP contribution is -2.16. The van der Waals surface area contributed by atoms with Crippen LogP contribution in [0.4, 0.5) is 13.2 Å². The molecule has 2 aromatic rings. The summed E-state index contributed by atoms with van der Waals surface area (Å²) in [6, 6.07) is 5.76. The number of nitrogens with zero attached hydrogens (tertiary/aromatic N) is 2. The first kappa shape index (κ1) is 15.6. The molecule has 1 aromatic heterocycles. The van der Waals surface area contributed by atoms with E-state index in [1.807, 2.05) is 6.92 Å². The minimum atomic E-state index is -2.59. The Bertz CT molecular complexity index is 564. The third-order valence-electron chi connectivity index (χ3n) is 3.15. The Morgan fingerprint density at radius 3 is 2.57 bits per heavy atom. The average Bonchev–Trinajstić information content (AvgIpc) is 2.85. The van der Waals surface area contributed by atoms with Gasteiger partial charge >= 0.3 is 0 Å². The van der Waals surface area contributed by atoms with Crippen LogP contribution in [-0.4, -0.2) is 16.3 Å². The summed E-state index contributed by atoms with van der Waals surface area (Å²) in [6.07, 6.45) is -0.187. The van der Waals surface area contributed by atoms with Crippen LogP contribution in [0.5, 0.6) is 0 Å². The highest BCUT2D eigenvalue weighted by Crippen LogP contribution is 2.23. The van der Waals surface area contributed by atoms with Gasteiger partial charge in [0.25, 0.3) is 6.43 Å². The van der Waals surface area contributed by atoms with Crippen molar-refractivity contribution in [2.24, 2.45) is 0 Å². The molecule has 1 N–H and O–H groups in total. The summed E-state index contributed by atoms with van der Waals surface area (Å²) in [5.74, 6) is -0.349. The van der Waals surface area contributed by atoms with Crippen LogP contribution in [0.2, 0.25) is 0 Å². The molecule has 3 nitrogen and oxygen atoms in total. The van der Waals surface area contributed by atoms with Crippen molar-refractivity contribution in [2.45, 2.75) is 32.9 Å². The maximum Gasteiger partial charge on any atom is 0.280 e. The van der Waals surface area contributed by atoms with Crippen molar-refractivity contribution in [3.8, 4) is 0 Å². The molecular weight excluding hydrogens is 279 g/mol. The highest BCUT2D eigenvalue weighted by atomic mass is 19.3. The molecule has 6 heteroatoms. The van der Waals surface area contributed by atoms with Crippen LogP contribution in [0, 0.1) is 5.82 Å². The van der Waals surface area contributed by atoms with Gasteiger partial charge in [-0.2, -0.15) is 5.10 Å². The number of benzene rings is 1. The van der Waals surface area contributed by atoms with Crippen LogP contribution in [-0.2, 0) is 13.1 Å².